The summed E-state index contributed by atoms with van der Waals surface area (Å²) >= 11 is 0. The number of rotatable bonds is 6. The number of hydrogen-bond donors (Lipinski definition) is 0. The zero-order valence-electron chi connectivity index (χ0n) is 12.2. The van der Waals surface area contributed by atoms with E-state index < -0.39 is 0 Å². The molecule has 0 N–H and O–H groups in total. The summed E-state index contributed by atoms with van der Waals surface area (Å²) in [5.41, 5.74) is 5.62. The lowest BCUT2D eigenvalue weighted by atomic mass is 9.96. The van der Waals surface area contributed by atoms with Crippen LogP contribution in [0.3, 0.4) is 0 Å². The van der Waals surface area contributed by atoms with Crippen LogP contribution in [0.5, 0.6) is 0 Å². The molecule has 0 saturated heterocycles. The molecule has 2 rings (SSSR count). The van der Waals surface area contributed by atoms with Gasteiger partial charge in [0.2, 0.25) is 0 Å². The van der Waals surface area contributed by atoms with Crippen molar-refractivity contribution in [2.24, 2.45) is 0 Å². The highest BCUT2D eigenvalue weighted by Crippen LogP contribution is 2.24. The lowest BCUT2D eigenvalue weighted by Gasteiger charge is -2.09. The average Bonchev–Trinajstić information content (AvgIpc) is 2.48. The summed E-state index contributed by atoms with van der Waals surface area (Å²) in [4.78, 5) is 0. The first-order valence-corrected chi connectivity index (χ1v) is 7.52. The second-order valence-electron chi connectivity index (χ2n) is 5.16. The van der Waals surface area contributed by atoms with Crippen molar-refractivity contribution in [3.63, 3.8) is 0 Å². The zero-order valence-corrected chi connectivity index (χ0v) is 12.2. The van der Waals surface area contributed by atoms with Crippen molar-refractivity contribution in [1.82, 2.24) is 0 Å². The summed E-state index contributed by atoms with van der Waals surface area (Å²) in [5.74, 6) is 0. The third-order valence-corrected chi connectivity index (χ3v) is 3.73. The van der Waals surface area contributed by atoms with Crippen LogP contribution in [-0.4, -0.2) is 0 Å². The minimum atomic E-state index is 1.09. The van der Waals surface area contributed by atoms with Crippen molar-refractivity contribution in [2.75, 3.05) is 0 Å². The van der Waals surface area contributed by atoms with Gasteiger partial charge in [-0.05, 0) is 41.5 Å². The first-order chi connectivity index (χ1) is 9.35. The molecule has 0 unspecified atom stereocenters. The van der Waals surface area contributed by atoms with Gasteiger partial charge in [0.05, 0.1) is 0 Å². The number of hydrogen-bond acceptors (Lipinski definition) is 0. The minimum Gasteiger partial charge on any atom is -0.0654 e. The Hall–Kier alpha value is -1.56. The molecule has 0 amide bonds. The van der Waals surface area contributed by atoms with E-state index in [9.17, 15) is 0 Å². The molecule has 2 aromatic rings. The lowest BCUT2D eigenvalue weighted by Crippen LogP contribution is -1.89. The topological polar surface area (TPSA) is 0 Å². The molecule has 0 nitrogen and oxygen atoms in total. The summed E-state index contributed by atoms with van der Waals surface area (Å²) in [6, 6.07) is 17.8. The Morgan fingerprint density at radius 3 is 2.21 bits per heavy atom. The van der Waals surface area contributed by atoms with Crippen LogP contribution in [0.4, 0.5) is 0 Å². The van der Waals surface area contributed by atoms with E-state index in [1.165, 1.54) is 47.9 Å². The lowest BCUT2D eigenvalue weighted by molar-refractivity contribution is 0.717. The SMILES string of the molecule is CCCCCc1ccc(-c2ccccc2CC)cc1. The molecule has 0 aromatic heterocycles. The molecule has 0 spiro atoms. The van der Waals surface area contributed by atoms with Gasteiger partial charge < -0.3 is 0 Å². The predicted molar refractivity (Wildman–Crippen MR) is 84.5 cm³/mol. The van der Waals surface area contributed by atoms with Gasteiger partial charge in [-0.3, -0.25) is 0 Å². The standard InChI is InChI=1S/C19H24/c1-3-5-6-9-16-12-14-18(15-13-16)19-11-8-7-10-17(19)4-2/h7-8,10-15H,3-6,9H2,1-2H3. The minimum absolute atomic E-state index is 1.09. The van der Waals surface area contributed by atoms with Crippen LogP contribution in [0.25, 0.3) is 11.1 Å². The van der Waals surface area contributed by atoms with Gasteiger partial charge in [-0.15, -0.1) is 0 Å². The molecule has 0 aliphatic heterocycles. The van der Waals surface area contributed by atoms with Gasteiger partial charge in [-0.1, -0.05) is 75.2 Å². The van der Waals surface area contributed by atoms with Crippen LogP contribution < -0.4 is 0 Å². The van der Waals surface area contributed by atoms with Crippen molar-refractivity contribution >= 4 is 0 Å². The fourth-order valence-corrected chi connectivity index (χ4v) is 2.54. The highest BCUT2D eigenvalue weighted by molar-refractivity contribution is 5.67. The molecule has 0 atom stereocenters. The molecular formula is C19H24. The quantitative estimate of drug-likeness (QED) is 0.583. The van der Waals surface area contributed by atoms with E-state index in [-0.39, 0.29) is 0 Å². The molecule has 0 heterocycles. The molecule has 19 heavy (non-hydrogen) atoms. The van der Waals surface area contributed by atoms with Gasteiger partial charge in [-0.25, -0.2) is 0 Å². The van der Waals surface area contributed by atoms with Gasteiger partial charge >= 0.3 is 0 Å². The van der Waals surface area contributed by atoms with E-state index in [0.717, 1.165) is 6.42 Å². The third-order valence-electron chi connectivity index (χ3n) is 3.73. The summed E-state index contributed by atoms with van der Waals surface area (Å²) in [6.45, 7) is 4.47. The molecule has 0 radical (unpaired) electrons. The maximum Gasteiger partial charge on any atom is -0.0152 e. The normalized spacial score (nSPS) is 10.6. The van der Waals surface area contributed by atoms with E-state index in [1.807, 2.05) is 0 Å². The Bertz CT molecular complexity index is 494. The maximum atomic E-state index is 2.29. The van der Waals surface area contributed by atoms with Crippen molar-refractivity contribution in [3.8, 4) is 11.1 Å². The van der Waals surface area contributed by atoms with Gasteiger partial charge in [0.25, 0.3) is 0 Å². The Morgan fingerprint density at radius 1 is 0.789 bits per heavy atom. The van der Waals surface area contributed by atoms with Crippen molar-refractivity contribution < 1.29 is 0 Å². The predicted octanol–water partition coefficient (Wildman–Crippen LogP) is 5.65. The fraction of sp³-hybridized carbons (Fsp3) is 0.368. The van der Waals surface area contributed by atoms with Crippen molar-refractivity contribution in [1.29, 1.82) is 0 Å². The molecule has 2 aromatic carbocycles. The van der Waals surface area contributed by atoms with Crippen LogP contribution in [0.2, 0.25) is 0 Å². The molecule has 0 aliphatic rings. The molecule has 0 bridgehead atoms. The van der Waals surface area contributed by atoms with Crippen LogP contribution in [0, 0.1) is 0 Å². The number of aryl methyl sites for hydroxylation is 2. The molecule has 0 aliphatic carbocycles. The highest BCUT2D eigenvalue weighted by atomic mass is 14.1. The van der Waals surface area contributed by atoms with Gasteiger partial charge in [-0.2, -0.15) is 0 Å². The van der Waals surface area contributed by atoms with Crippen LogP contribution in [-0.2, 0) is 12.8 Å². The number of unbranched alkanes of at least 4 members (excludes halogenated alkanes) is 2. The molecule has 0 heteroatoms. The Kier molecular flexibility index (Phi) is 5.20. The fourth-order valence-electron chi connectivity index (χ4n) is 2.54. The van der Waals surface area contributed by atoms with E-state index in [2.05, 4.69) is 62.4 Å². The van der Waals surface area contributed by atoms with Gasteiger partial charge in [0.15, 0.2) is 0 Å². The second kappa shape index (κ2) is 7.13. The third kappa shape index (κ3) is 3.70. The van der Waals surface area contributed by atoms with E-state index in [0.29, 0.717) is 0 Å². The van der Waals surface area contributed by atoms with Gasteiger partial charge in [0.1, 0.15) is 0 Å². The van der Waals surface area contributed by atoms with E-state index in [1.54, 1.807) is 0 Å². The van der Waals surface area contributed by atoms with Gasteiger partial charge in [0, 0.05) is 0 Å². The first-order valence-electron chi connectivity index (χ1n) is 7.52. The zero-order chi connectivity index (χ0) is 13.5. The largest absolute Gasteiger partial charge is 0.0654 e. The van der Waals surface area contributed by atoms with Crippen molar-refractivity contribution in [2.45, 2.75) is 46.0 Å². The Labute approximate surface area is 117 Å². The van der Waals surface area contributed by atoms with Crippen LogP contribution in [0.1, 0.15) is 44.2 Å². The number of benzene rings is 2. The van der Waals surface area contributed by atoms with Crippen molar-refractivity contribution in [3.05, 3.63) is 59.7 Å². The summed E-state index contributed by atoms with van der Waals surface area (Å²) < 4.78 is 0. The Morgan fingerprint density at radius 2 is 1.53 bits per heavy atom. The second-order valence-corrected chi connectivity index (χ2v) is 5.16. The summed E-state index contributed by atoms with van der Waals surface area (Å²) in [7, 11) is 0. The smallest absolute Gasteiger partial charge is 0.0152 e. The highest BCUT2D eigenvalue weighted by Gasteiger charge is 2.02. The first kappa shape index (κ1) is 13.9. The molecule has 0 fully saturated rings. The average molecular weight is 252 g/mol. The summed E-state index contributed by atoms with van der Waals surface area (Å²) in [5, 5.41) is 0. The molecule has 0 saturated carbocycles. The maximum absolute atomic E-state index is 2.29. The van der Waals surface area contributed by atoms with Crippen LogP contribution >= 0.6 is 0 Å². The Balaban J connectivity index is 2.13. The van der Waals surface area contributed by atoms with Crippen LogP contribution in [0.15, 0.2) is 48.5 Å². The summed E-state index contributed by atoms with van der Waals surface area (Å²) in [6.07, 6.45) is 6.24. The van der Waals surface area contributed by atoms with E-state index in [4.69, 9.17) is 0 Å². The molecule has 100 valence electrons. The molecular weight excluding hydrogens is 228 g/mol. The monoisotopic (exact) mass is 252 g/mol. The van der Waals surface area contributed by atoms with E-state index >= 15 is 0 Å².